The third kappa shape index (κ3) is 3.24. The average molecular weight is 302 g/mol. The van der Waals surface area contributed by atoms with Crippen molar-refractivity contribution in [2.24, 2.45) is 5.92 Å². The predicted octanol–water partition coefficient (Wildman–Crippen LogP) is 4.45. The van der Waals surface area contributed by atoms with Crippen LogP contribution in [0.15, 0.2) is 42.5 Å². The monoisotopic (exact) mass is 302 g/mol. The van der Waals surface area contributed by atoms with Crippen molar-refractivity contribution < 1.29 is 13.6 Å². The van der Waals surface area contributed by atoms with Crippen LogP contribution in [-0.2, 0) is 4.79 Å². The third-order valence-corrected chi connectivity index (χ3v) is 3.84. The van der Waals surface area contributed by atoms with Gasteiger partial charge in [0, 0.05) is 29.0 Å². The molecule has 0 atom stereocenters. The van der Waals surface area contributed by atoms with Crippen molar-refractivity contribution in [2.75, 3.05) is 10.6 Å². The molecule has 3 nitrogen and oxygen atoms in total. The molecule has 1 aliphatic rings. The quantitative estimate of drug-likeness (QED) is 0.876. The Kier molecular flexibility index (Phi) is 4.04. The highest BCUT2D eigenvalue weighted by Gasteiger charge is 2.24. The first-order chi connectivity index (χ1) is 10.6. The molecule has 2 aromatic rings. The van der Waals surface area contributed by atoms with E-state index in [1.807, 2.05) is 0 Å². The molecule has 2 N–H and O–H groups in total. The van der Waals surface area contributed by atoms with Gasteiger partial charge in [0.2, 0.25) is 5.91 Å². The summed E-state index contributed by atoms with van der Waals surface area (Å²) in [4.78, 5) is 11.8. The van der Waals surface area contributed by atoms with Gasteiger partial charge in [0.25, 0.3) is 0 Å². The number of carbonyl (C=O) groups is 1. The van der Waals surface area contributed by atoms with Gasteiger partial charge in [-0.15, -0.1) is 0 Å². The fourth-order valence-electron chi connectivity index (χ4n) is 2.29. The first-order valence-corrected chi connectivity index (χ1v) is 7.25. The molecule has 114 valence electrons. The Morgan fingerprint density at radius 1 is 0.909 bits per heavy atom. The van der Waals surface area contributed by atoms with E-state index < -0.39 is 11.6 Å². The van der Waals surface area contributed by atoms with Crippen LogP contribution in [-0.4, -0.2) is 5.91 Å². The summed E-state index contributed by atoms with van der Waals surface area (Å²) < 4.78 is 26.0. The van der Waals surface area contributed by atoms with Crippen LogP contribution in [0, 0.1) is 17.6 Å². The van der Waals surface area contributed by atoms with Crippen molar-refractivity contribution in [3.05, 3.63) is 54.1 Å². The maximum atomic E-state index is 13.1. The topological polar surface area (TPSA) is 41.1 Å². The number of rotatable bonds is 4. The Hall–Kier alpha value is -2.43. The van der Waals surface area contributed by atoms with E-state index >= 15 is 0 Å². The van der Waals surface area contributed by atoms with Crippen LogP contribution < -0.4 is 10.6 Å². The zero-order valence-corrected chi connectivity index (χ0v) is 11.9. The van der Waals surface area contributed by atoms with Gasteiger partial charge in [0.15, 0.2) is 11.6 Å². The van der Waals surface area contributed by atoms with E-state index in [0.717, 1.165) is 42.8 Å². The minimum absolute atomic E-state index is 0.0626. The number of amides is 1. The Bertz CT molecular complexity index is 682. The van der Waals surface area contributed by atoms with E-state index in [4.69, 9.17) is 0 Å². The molecule has 0 radical (unpaired) electrons. The van der Waals surface area contributed by atoms with Crippen LogP contribution >= 0.6 is 0 Å². The Balaban J connectivity index is 1.63. The summed E-state index contributed by atoms with van der Waals surface area (Å²) in [6, 6.07) is 10.7. The van der Waals surface area contributed by atoms with Gasteiger partial charge in [-0.25, -0.2) is 8.78 Å². The van der Waals surface area contributed by atoms with E-state index in [1.54, 1.807) is 24.3 Å². The second-order valence-corrected chi connectivity index (χ2v) is 5.45. The zero-order valence-electron chi connectivity index (χ0n) is 11.9. The normalized spacial score (nSPS) is 14.3. The lowest BCUT2D eigenvalue weighted by Crippen LogP contribution is -2.27. The molecule has 1 amide bonds. The lowest BCUT2D eigenvalue weighted by molar-refractivity contribution is -0.122. The summed E-state index contributed by atoms with van der Waals surface area (Å²) in [5, 5.41) is 5.85. The van der Waals surface area contributed by atoms with Crippen LogP contribution in [0.5, 0.6) is 0 Å². The number of carbonyl (C=O) groups excluding carboxylic acids is 1. The van der Waals surface area contributed by atoms with E-state index in [-0.39, 0.29) is 11.8 Å². The van der Waals surface area contributed by atoms with Gasteiger partial charge in [-0.3, -0.25) is 4.79 Å². The highest BCUT2D eigenvalue weighted by Crippen LogP contribution is 2.28. The van der Waals surface area contributed by atoms with Crippen molar-refractivity contribution in [2.45, 2.75) is 19.3 Å². The first kappa shape index (κ1) is 14.5. The molecule has 2 aromatic carbocycles. The SMILES string of the molecule is O=C(Nc1ccc(Nc2ccc(F)c(F)c2)cc1)C1CCC1. The van der Waals surface area contributed by atoms with Crippen molar-refractivity contribution in [3.8, 4) is 0 Å². The first-order valence-electron chi connectivity index (χ1n) is 7.25. The van der Waals surface area contributed by atoms with Gasteiger partial charge in [-0.1, -0.05) is 6.42 Å². The van der Waals surface area contributed by atoms with Gasteiger partial charge in [-0.2, -0.15) is 0 Å². The van der Waals surface area contributed by atoms with Crippen molar-refractivity contribution in [1.29, 1.82) is 0 Å². The van der Waals surface area contributed by atoms with E-state index in [9.17, 15) is 13.6 Å². The molecule has 3 rings (SSSR count). The second-order valence-electron chi connectivity index (χ2n) is 5.45. The van der Waals surface area contributed by atoms with Crippen LogP contribution in [0.25, 0.3) is 0 Å². The molecular formula is C17H16F2N2O. The summed E-state index contributed by atoms with van der Waals surface area (Å²) in [6.07, 6.45) is 3.04. The van der Waals surface area contributed by atoms with Crippen LogP contribution in [0.3, 0.4) is 0 Å². The molecule has 1 saturated carbocycles. The second kappa shape index (κ2) is 6.13. The highest BCUT2D eigenvalue weighted by atomic mass is 19.2. The minimum atomic E-state index is -0.894. The molecule has 22 heavy (non-hydrogen) atoms. The van der Waals surface area contributed by atoms with E-state index in [1.165, 1.54) is 6.07 Å². The Morgan fingerprint density at radius 3 is 2.14 bits per heavy atom. The Labute approximate surface area is 127 Å². The van der Waals surface area contributed by atoms with Gasteiger partial charge in [0.1, 0.15) is 0 Å². The number of hydrogen-bond donors (Lipinski definition) is 2. The standard InChI is InChI=1S/C17H16F2N2O/c18-15-9-8-14(10-16(15)19)20-12-4-6-13(7-5-12)21-17(22)11-2-1-3-11/h4-11,20H,1-3H2,(H,21,22). The lowest BCUT2D eigenvalue weighted by Gasteiger charge is -2.24. The number of anilines is 3. The van der Waals surface area contributed by atoms with Crippen molar-refractivity contribution >= 4 is 23.0 Å². The van der Waals surface area contributed by atoms with Gasteiger partial charge >= 0.3 is 0 Å². The zero-order chi connectivity index (χ0) is 15.5. The van der Waals surface area contributed by atoms with Gasteiger partial charge in [0.05, 0.1) is 0 Å². The molecule has 0 aliphatic heterocycles. The highest BCUT2D eigenvalue weighted by molar-refractivity contribution is 5.93. The van der Waals surface area contributed by atoms with Crippen molar-refractivity contribution in [1.82, 2.24) is 0 Å². The fourth-order valence-corrected chi connectivity index (χ4v) is 2.29. The van der Waals surface area contributed by atoms with Crippen molar-refractivity contribution in [3.63, 3.8) is 0 Å². The maximum Gasteiger partial charge on any atom is 0.227 e. The van der Waals surface area contributed by atoms with Crippen LogP contribution in [0.1, 0.15) is 19.3 Å². The molecule has 0 aromatic heterocycles. The predicted molar refractivity (Wildman–Crippen MR) is 82.1 cm³/mol. The molecule has 5 heteroatoms. The summed E-state index contributed by atoms with van der Waals surface area (Å²) in [5.74, 6) is -1.57. The van der Waals surface area contributed by atoms with Gasteiger partial charge < -0.3 is 10.6 Å². The summed E-state index contributed by atoms with van der Waals surface area (Å²) in [6.45, 7) is 0. The lowest BCUT2D eigenvalue weighted by atomic mass is 9.85. The Morgan fingerprint density at radius 2 is 1.55 bits per heavy atom. The average Bonchev–Trinajstić information content (AvgIpc) is 2.43. The van der Waals surface area contributed by atoms with Gasteiger partial charge in [-0.05, 0) is 49.2 Å². The molecular weight excluding hydrogens is 286 g/mol. The summed E-state index contributed by atoms with van der Waals surface area (Å²) in [5.41, 5.74) is 1.92. The van der Waals surface area contributed by atoms with Crippen LogP contribution in [0.2, 0.25) is 0 Å². The summed E-state index contributed by atoms with van der Waals surface area (Å²) in [7, 11) is 0. The molecule has 0 unspecified atom stereocenters. The molecule has 0 spiro atoms. The van der Waals surface area contributed by atoms with E-state index in [2.05, 4.69) is 10.6 Å². The number of benzene rings is 2. The molecule has 0 heterocycles. The molecule has 1 fully saturated rings. The minimum Gasteiger partial charge on any atom is -0.355 e. The maximum absolute atomic E-state index is 13.1. The largest absolute Gasteiger partial charge is 0.355 e. The number of halogens is 2. The smallest absolute Gasteiger partial charge is 0.227 e. The summed E-state index contributed by atoms with van der Waals surface area (Å²) >= 11 is 0. The number of hydrogen-bond acceptors (Lipinski definition) is 2. The molecule has 1 aliphatic carbocycles. The molecule has 0 bridgehead atoms. The fraction of sp³-hybridized carbons (Fsp3) is 0.235. The van der Waals surface area contributed by atoms with E-state index in [0.29, 0.717) is 5.69 Å². The van der Waals surface area contributed by atoms with Crippen LogP contribution in [0.4, 0.5) is 25.8 Å². The third-order valence-electron chi connectivity index (χ3n) is 3.84. The molecule has 0 saturated heterocycles. The number of nitrogens with one attached hydrogen (secondary N) is 2.